The number of halogens is 1. The fourth-order valence-corrected chi connectivity index (χ4v) is 5.07. The number of rotatable bonds is 10. The molecule has 1 rings (SSSR count). The highest BCUT2D eigenvalue weighted by Gasteiger charge is 2.35. The summed E-state index contributed by atoms with van der Waals surface area (Å²) >= 11 is 0. The number of ether oxygens (including phenoxy) is 1. The smallest absolute Gasteiger partial charge is 0.233 e. The third kappa shape index (κ3) is 9.04. The maximum Gasteiger partial charge on any atom is 0.233 e. The number of unbranched alkanes of at least 4 members (excludes halogenated alkanes) is 4. The second-order valence-corrected chi connectivity index (χ2v) is 9.34. The van der Waals surface area contributed by atoms with E-state index >= 15 is 0 Å². The Hall–Kier alpha value is 0.200. The van der Waals surface area contributed by atoms with Crippen LogP contribution < -0.4 is 0 Å². The quantitative estimate of drug-likeness (QED) is 0.324. The van der Waals surface area contributed by atoms with Gasteiger partial charge in [0, 0.05) is 22.7 Å². The Morgan fingerprint density at radius 3 is 2.19 bits per heavy atom. The van der Waals surface area contributed by atoms with E-state index in [1.54, 1.807) is 0 Å². The lowest BCUT2D eigenvalue weighted by atomic mass is 9.83. The first kappa shape index (κ1) is 19.2. The van der Waals surface area contributed by atoms with Crippen LogP contribution in [0.2, 0.25) is 0 Å². The molecule has 0 saturated heterocycles. The molecule has 3 nitrogen and oxygen atoms in total. The van der Waals surface area contributed by atoms with E-state index in [1.165, 1.54) is 38.5 Å². The molecule has 0 aromatic rings. The Morgan fingerprint density at radius 1 is 1.00 bits per heavy atom. The summed E-state index contributed by atoms with van der Waals surface area (Å²) in [6.45, 7) is 3.50. The zero-order valence-electron chi connectivity index (χ0n) is 13.4. The maximum absolute atomic E-state index is 11.5. The average molecular weight is 339 g/mol. The van der Waals surface area contributed by atoms with Gasteiger partial charge in [0.15, 0.2) is 0 Å². The van der Waals surface area contributed by atoms with E-state index in [-0.39, 0.29) is 11.2 Å². The van der Waals surface area contributed by atoms with E-state index in [0.29, 0.717) is 6.61 Å². The van der Waals surface area contributed by atoms with Gasteiger partial charge < -0.3 is 4.74 Å². The van der Waals surface area contributed by atoms with E-state index in [0.717, 1.165) is 38.7 Å². The Kier molecular flexibility index (Phi) is 9.22. The molecule has 5 heteroatoms. The zero-order chi connectivity index (χ0) is 15.6. The molecule has 0 atom stereocenters. The lowest BCUT2D eigenvalue weighted by Crippen LogP contribution is -2.33. The van der Waals surface area contributed by atoms with Gasteiger partial charge in [-0.15, -0.1) is 0 Å². The Balaban J connectivity index is 2.38. The largest absolute Gasteiger partial charge is 0.381 e. The molecule has 0 heterocycles. The lowest BCUT2D eigenvalue weighted by Gasteiger charge is -2.31. The fourth-order valence-electron chi connectivity index (χ4n) is 3.27. The maximum atomic E-state index is 11.5. The van der Waals surface area contributed by atoms with Crippen LogP contribution in [0.5, 0.6) is 0 Å². The Labute approximate surface area is 135 Å². The van der Waals surface area contributed by atoms with E-state index in [9.17, 15) is 8.42 Å². The molecule has 0 amide bonds. The molecule has 21 heavy (non-hydrogen) atoms. The van der Waals surface area contributed by atoms with Crippen molar-refractivity contribution in [2.24, 2.45) is 5.41 Å². The molecule has 0 N–H and O–H groups in total. The number of hydrogen-bond donors (Lipinski definition) is 0. The highest BCUT2D eigenvalue weighted by molar-refractivity contribution is 8.13. The van der Waals surface area contributed by atoms with Crippen LogP contribution in [-0.4, -0.2) is 27.4 Å². The van der Waals surface area contributed by atoms with Gasteiger partial charge in [0.25, 0.3) is 0 Å². The standard InChI is InChI=1S/C16H31ClO3S/c1-2-3-4-7-10-13-20-14-16(15-21(17,18)19)11-8-5-6-9-12-16/h2-15H2,1H3. The molecule has 0 radical (unpaired) electrons. The van der Waals surface area contributed by atoms with Gasteiger partial charge in [-0.3, -0.25) is 0 Å². The number of hydrogen-bond acceptors (Lipinski definition) is 3. The topological polar surface area (TPSA) is 43.4 Å². The van der Waals surface area contributed by atoms with Crippen LogP contribution in [0.3, 0.4) is 0 Å². The SMILES string of the molecule is CCCCCCCOCC1(CS(=O)(=O)Cl)CCCCCC1. The Morgan fingerprint density at radius 2 is 1.62 bits per heavy atom. The molecule has 0 spiro atoms. The van der Waals surface area contributed by atoms with Crippen LogP contribution >= 0.6 is 10.7 Å². The van der Waals surface area contributed by atoms with Crippen molar-refractivity contribution in [2.45, 2.75) is 77.6 Å². The van der Waals surface area contributed by atoms with Gasteiger partial charge in [-0.1, -0.05) is 58.3 Å². The molecule has 1 fully saturated rings. The second-order valence-electron chi connectivity index (χ2n) is 6.56. The summed E-state index contributed by atoms with van der Waals surface area (Å²) in [6.07, 6.45) is 12.5. The highest BCUT2D eigenvalue weighted by Crippen LogP contribution is 2.37. The van der Waals surface area contributed by atoms with E-state index < -0.39 is 9.05 Å². The monoisotopic (exact) mass is 338 g/mol. The predicted molar refractivity (Wildman–Crippen MR) is 89.4 cm³/mol. The normalized spacial score (nSPS) is 19.3. The third-order valence-corrected chi connectivity index (χ3v) is 5.73. The zero-order valence-corrected chi connectivity index (χ0v) is 15.0. The first-order valence-electron chi connectivity index (χ1n) is 8.47. The van der Waals surface area contributed by atoms with Crippen LogP contribution in [0.4, 0.5) is 0 Å². The molecule has 0 aromatic heterocycles. The van der Waals surface area contributed by atoms with Crippen molar-refractivity contribution >= 4 is 19.7 Å². The van der Waals surface area contributed by atoms with Crippen LogP contribution in [0.15, 0.2) is 0 Å². The summed E-state index contributed by atoms with van der Waals surface area (Å²) < 4.78 is 28.9. The summed E-state index contributed by atoms with van der Waals surface area (Å²) in [5, 5.41) is 0. The Bertz CT molecular complexity index is 360. The minimum absolute atomic E-state index is 0.0669. The van der Waals surface area contributed by atoms with Crippen LogP contribution in [0, 0.1) is 5.41 Å². The molecule has 1 aliphatic carbocycles. The van der Waals surface area contributed by atoms with E-state index in [1.807, 2.05) is 0 Å². The van der Waals surface area contributed by atoms with Gasteiger partial charge in [0.1, 0.15) is 0 Å². The van der Waals surface area contributed by atoms with Gasteiger partial charge in [-0.2, -0.15) is 0 Å². The summed E-state index contributed by atoms with van der Waals surface area (Å²) in [7, 11) is 2.06. The molecule has 0 aliphatic heterocycles. The van der Waals surface area contributed by atoms with Crippen molar-refractivity contribution in [3.05, 3.63) is 0 Å². The van der Waals surface area contributed by atoms with Crippen LogP contribution in [-0.2, 0) is 13.8 Å². The van der Waals surface area contributed by atoms with Gasteiger partial charge in [0.05, 0.1) is 12.4 Å². The van der Waals surface area contributed by atoms with E-state index in [4.69, 9.17) is 15.4 Å². The molecular weight excluding hydrogens is 308 g/mol. The summed E-state index contributed by atoms with van der Waals surface area (Å²) in [5.41, 5.74) is -0.250. The molecule has 1 saturated carbocycles. The van der Waals surface area contributed by atoms with Crippen LogP contribution in [0.25, 0.3) is 0 Å². The van der Waals surface area contributed by atoms with Gasteiger partial charge in [-0.25, -0.2) is 8.42 Å². The minimum Gasteiger partial charge on any atom is -0.381 e. The highest BCUT2D eigenvalue weighted by atomic mass is 35.7. The van der Waals surface area contributed by atoms with E-state index in [2.05, 4.69) is 6.92 Å². The summed E-state index contributed by atoms with van der Waals surface area (Å²) in [4.78, 5) is 0. The van der Waals surface area contributed by atoms with Crippen molar-refractivity contribution < 1.29 is 13.2 Å². The van der Waals surface area contributed by atoms with Crippen molar-refractivity contribution in [2.75, 3.05) is 19.0 Å². The van der Waals surface area contributed by atoms with Gasteiger partial charge >= 0.3 is 0 Å². The minimum atomic E-state index is -3.46. The lowest BCUT2D eigenvalue weighted by molar-refractivity contribution is 0.0440. The molecular formula is C16H31ClO3S. The van der Waals surface area contributed by atoms with Crippen molar-refractivity contribution in [3.8, 4) is 0 Å². The van der Waals surface area contributed by atoms with Gasteiger partial charge in [0.2, 0.25) is 9.05 Å². The van der Waals surface area contributed by atoms with Crippen molar-refractivity contribution in [1.29, 1.82) is 0 Å². The van der Waals surface area contributed by atoms with Crippen LogP contribution in [0.1, 0.15) is 77.6 Å². The predicted octanol–water partition coefficient (Wildman–Crippen LogP) is 4.88. The summed E-state index contributed by atoms with van der Waals surface area (Å²) in [5.74, 6) is 0.0669. The first-order chi connectivity index (χ1) is 9.97. The molecule has 0 aromatic carbocycles. The molecule has 0 bridgehead atoms. The molecule has 126 valence electrons. The van der Waals surface area contributed by atoms with Gasteiger partial charge in [-0.05, 0) is 19.3 Å². The molecule has 0 unspecified atom stereocenters. The van der Waals surface area contributed by atoms with Crippen molar-refractivity contribution in [1.82, 2.24) is 0 Å². The first-order valence-corrected chi connectivity index (χ1v) is 11.0. The third-order valence-electron chi connectivity index (χ3n) is 4.44. The second kappa shape index (κ2) is 10.1. The van der Waals surface area contributed by atoms with Crippen molar-refractivity contribution in [3.63, 3.8) is 0 Å². The average Bonchev–Trinajstić information content (AvgIpc) is 2.62. The fraction of sp³-hybridized carbons (Fsp3) is 1.00. The summed E-state index contributed by atoms with van der Waals surface area (Å²) in [6, 6.07) is 0. The molecule has 1 aliphatic rings.